The zero-order valence-electron chi connectivity index (χ0n) is 10.9. The Morgan fingerprint density at radius 2 is 1.91 bits per heavy atom. The van der Waals surface area contributed by atoms with Gasteiger partial charge in [-0.2, -0.15) is 0 Å². The second-order valence-corrected chi connectivity index (χ2v) is 5.35. The van der Waals surface area contributed by atoms with E-state index in [9.17, 15) is 19.8 Å². The highest BCUT2D eigenvalue weighted by molar-refractivity contribution is 8.18. The predicted molar refractivity (Wildman–Crippen MR) is 76.5 cm³/mol. The summed E-state index contributed by atoms with van der Waals surface area (Å²) < 4.78 is 5.56. The van der Waals surface area contributed by atoms with Crippen LogP contribution >= 0.6 is 11.8 Å². The van der Waals surface area contributed by atoms with Crippen molar-refractivity contribution >= 4 is 34.9 Å². The van der Waals surface area contributed by atoms with Gasteiger partial charge in [-0.15, -0.1) is 0 Å². The largest absolute Gasteiger partial charge is 0.853 e. The molecule has 0 unspecified atom stereocenters. The number of aliphatic imine (C=N–C) groups is 1. The highest BCUT2D eigenvalue weighted by Gasteiger charge is 2.17. The van der Waals surface area contributed by atoms with Crippen LogP contribution in [0.25, 0.3) is 17.4 Å². The zero-order chi connectivity index (χ0) is 15.7. The molecule has 3 rings (SSSR count). The third kappa shape index (κ3) is 2.79. The van der Waals surface area contributed by atoms with Crippen molar-refractivity contribution in [3.63, 3.8) is 0 Å². The molecule has 1 aromatic carbocycles. The van der Waals surface area contributed by atoms with Crippen LogP contribution in [-0.4, -0.2) is 17.1 Å². The van der Waals surface area contributed by atoms with E-state index < -0.39 is 17.1 Å². The number of benzene rings is 1. The van der Waals surface area contributed by atoms with Gasteiger partial charge >= 0.3 is 0 Å². The molecule has 0 radical (unpaired) electrons. The Labute approximate surface area is 128 Å². The Hall–Kier alpha value is -2.80. The zero-order valence-corrected chi connectivity index (χ0v) is 11.8. The highest BCUT2D eigenvalue weighted by atomic mass is 32.2. The van der Waals surface area contributed by atoms with E-state index in [2.05, 4.69) is 4.99 Å². The van der Waals surface area contributed by atoms with E-state index >= 15 is 0 Å². The van der Waals surface area contributed by atoms with Gasteiger partial charge in [0.2, 0.25) is 0 Å². The molecule has 22 heavy (non-hydrogen) atoms. The molecule has 0 bridgehead atoms. The normalized spacial score (nSPS) is 16.1. The standard InChI is InChI=1S/C15H9NO5S/c17-13-12(22-15(20)16-13)7-10-5-6-11(21-10)8-1-3-9(4-2-8)14(18)19/h1-7H,(H,18,19)(H,16,17,20)/p-2/b12-7-. The summed E-state index contributed by atoms with van der Waals surface area (Å²) in [5.74, 6) is -0.914. The number of nitrogens with zero attached hydrogens (tertiary/aromatic N) is 1. The summed E-state index contributed by atoms with van der Waals surface area (Å²) in [5, 5.41) is 21.2. The van der Waals surface area contributed by atoms with Gasteiger partial charge in [0.1, 0.15) is 11.5 Å². The fraction of sp³-hybridized carbons (Fsp3) is 0. The first-order chi connectivity index (χ1) is 10.5. The summed E-state index contributed by atoms with van der Waals surface area (Å²) in [6, 6.07) is 9.35. The lowest BCUT2D eigenvalue weighted by atomic mass is 10.1. The lowest BCUT2D eigenvalue weighted by molar-refractivity contribution is -0.255. The lowest BCUT2D eigenvalue weighted by Gasteiger charge is -2.02. The number of aromatic carboxylic acids is 1. The van der Waals surface area contributed by atoms with Crippen molar-refractivity contribution in [1.82, 2.24) is 0 Å². The number of carbonyl (C=O) groups is 2. The number of carbonyl (C=O) groups excluding carboxylic acids is 2. The number of thioether (sulfide) groups is 1. The van der Waals surface area contributed by atoms with Crippen LogP contribution in [0.3, 0.4) is 0 Å². The fourth-order valence-corrected chi connectivity index (χ4v) is 2.50. The third-order valence-corrected chi connectivity index (χ3v) is 3.68. The minimum absolute atomic E-state index is 0.0747. The summed E-state index contributed by atoms with van der Waals surface area (Å²) in [5.41, 5.74) is 0.756. The van der Waals surface area contributed by atoms with Crippen molar-refractivity contribution in [1.29, 1.82) is 0 Å². The van der Waals surface area contributed by atoms with Gasteiger partial charge in [-0.3, -0.25) is 4.79 Å². The van der Waals surface area contributed by atoms with Crippen molar-refractivity contribution in [2.75, 3.05) is 0 Å². The topological polar surface area (TPSA) is 106 Å². The maximum absolute atomic E-state index is 11.4. The molecule has 2 heterocycles. The molecule has 1 aliphatic heterocycles. The van der Waals surface area contributed by atoms with Gasteiger partial charge in [0.05, 0.1) is 10.9 Å². The van der Waals surface area contributed by atoms with Crippen LogP contribution < -0.4 is 10.2 Å². The second kappa shape index (κ2) is 5.53. The third-order valence-electron chi connectivity index (χ3n) is 2.91. The Balaban J connectivity index is 1.84. The number of furan rings is 1. The maximum atomic E-state index is 11.4. The molecule has 1 aliphatic rings. The number of rotatable bonds is 3. The predicted octanol–water partition coefficient (Wildman–Crippen LogP) is 0.641. The summed E-state index contributed by atoms with van der Waals surface area (Å²) in [6.45, 7) is 0. The molecule has 7 heteroatoms. The molecular formula is C15H7NO5S-2. The smallest absolute Gasteiger partial charge is 0.283 e. The van der Waals surface area contributed by atoms with Gasteiger partial charge < -0.3 is 19.4 Å². The van der Waals surface area contributed by atoms with Crippen LogP contribution in [0.2, 0.25) is 0 Å². The molecule has 0 spiro atoms. The lowest BCUT2D eigenvalue weighted by Crippen LogP contribution is -2.21. The van der Waals surface area contributed by atoms with E-state index in [1.54, 1.807) is 24.3 Å². The Morgan fingerprint density at radius 3 is 2.50 bits per heavy atom. The Kier molecular flexibility index (Phi) is 3.56. The van der Waals surface area contributed by atoms with E-state index in [0.29, 0.717) is 17.1 Å². The van der Waals surface area contributed by atoms with Gasteiger partial charge in [0, 0.05) is 16.9 Å². The van der Waals surface area contributed by atoms with Crippen molar-refractivity contribution in [2.45, 2.75) is 0 Å². The average molecular weight is 313 g/mol. The van der Waals surface area contributed by atoms with E-state index in [4.69, 9.17) is 4.42 Å². The molecule has 1 aromatic heterocycles. The SMILES string of the molecule is O=C1N=C([O-])S/C1=C\c1ccc(-c2ccc(C(=O)[O-])cc2)o1. The molecule has 0 N–H and O–H groups in total. The van der Waals surface area contributed by atoms with Crippen LogP contribution in [0, 0.1) is 0 Å². The highest BCUT2D eigenvalue weighted by Crippen LogP contribution is 2.29. The molecule has 0 atom stereocenters. The minimum atomic E-state index is -1.25. The first-order valence-electron chi connectivity index (χ1n) is 6.14. The number of amides is 1. The average Bonchev–Trinajstić information content (AvgIpc) is 3.06. The summed E-state index contributed by atoms with van der Waals surface area (Å²) in [6.07, 6.45) is 1.44. The monoisotopic (exact) mass is 313 g/mol. The van der Waals surface area contributed by atoms with Crippen molar-refractivity contribution < 1.29 is 24.2 Å². The van der Waals surface area contributed by atoms with Crippen LogP contribution in [0.15, 0.2) is 50.7 Å². The summed E-state index contributed by atoms with van der Waals surface area (Å²) in [7, 11) is 0. The van der Waals surface area contributed by atoms with Gasteiger partial charge in [-0.1, -0.05) is 36.0 Å². The van der Waals surface area contributed by atoms with Crippen LogP contribution in [0.1, 0.15) is 16.1 Å². The van der Waals surface area contributed by atoms with Crippen LogP contribution in [0.4, 0.5) is 0 Å². The van der Waals surface area contributed by atoms with E-state index in [1.807, 2.05) is 0 Å². The number of hydrogen-bond acceptors (Lipinski definition) is 6. The molecule has 0 saturated heterocycles. The molecular weight excluding hydrogens is 306 g/mol. The number of hydrogen-bond donors (Lipinski definition) is 0. The molecule has 110 valence electrons. The summed E-state index contributed by atoms with van der Waals surface area (Å²) >= 11 is 0.752. The van der Waals surface area contributed by atoms with Crippen LogP contribution in [0.5, 0.6) is 0 Å². The fourth-order valence-electron chi connectivity index (χ4n) is 1.88. The van der Waals surface area contributed by atoms with Crippen molar-refractivity contribution in [3.8, 4) is 11.3 Å². The first-order valence-corrected chi connectivity index (χ1v) is 6.96. The molecule has 1 amide bonds. The number of carboxylic acids is 1. The molecule has 2 aromatic rings. The molecule has 6 nitrogen and oxygen atoms in total. The quantitative estimate of drug-likeness (QED) is 0.770. The van der Waals surface area contributed by atoms with Gasteiger partial charge in [0.15, 0.2) is 0 Å². The minimum Gasteiger partial charge on any atom is -0.853 e. The second-order valence-electron chi connectivity index (χ2n) is 4.36. The van der Waals surface area contributed by atoms with Gasteiger partial charge in [-0.05, 0) is 17.7 Å². The molecule has 0 aliphatic carbocycles. The maximum Gasteiger partial charge on any atom is 0.283 e. The van der Waals surface area contributed by atoms with Gasteiger partial charge in [-0.25, -0.2) is 4.99 Å². The summed E-state index contributed by atoms with van der Waals surface area (Å²) in [4.78, 5) is 25.6. The van der Waals surface area contributed by atoms with Crippen molar-refractivity contribution in [3.05, 3.63) is 52.6 Å². The molecule has 0 saturated carbocycles. The van der Waals surface area contributed by atoms with Crippen molar-refractivity contribution in [2.24, 2.45) is 4.99 Å². The van der Waals surface area contributed by atoms with E-state index in [0.717, 1.165) is 11.8 Å². The van der Waals surface area contributed by atoms with Gasteiger partial charge in [0.25, 0.3) is 5.91 Å². The number of carboxylic acid groups (broad SMARTS) is 1. The van der Waals surface area contributed by atoms with E-state index in [1.165, 1.54) is 18.2 Å². The Bertz CT molecular complexity index is 817. The van der Waals surface area contributed by atoms with E-state index in [-0.39, 0.29) is 10.5 Å². The first kappa shape index (κ1) is 14.2. The van der Waals surface area contributed by atoms with Crippen LogP contribution in [-0.2, 0) is 4.79 Å². The molecule has 0 fully saturated rings. The Morgan fingerprint density at radius 1 is 1.18 bits per heavy atom.